The Morgan fingerprint density at radius 2 is 1.92 bits per heavy atom. The van der Waals surface area contributed by atoms with Gasteiger partial charge in [0.05, 0.1) is 35.5 Å². The molecular formula is C21H17N3O2. The van der Waals surface area contributed by atoms with Crippen molar-refractivity contribution in [2.75, 3.05) is 6.61 Å². The topological polar surface area (TPSA) is 86.8 Å². The SMILES string of the molecule is CCOC(=O)C(C)(C#N)Cc1nc2ccccc2c2cc(C#N)ccc12. The fourth-order valence-electron chi connectivity index (χ4n) is 3.01. The van der Waals surface area contributed by atoms with Gasteiger partial charge in [0.25, 0.3) is 0 Å². The number of hydrogen-bond acceptors (Lipinski definition) is 5. The Labute approximate surface area is 151 Å². The standard InChI is InChI=1S/C21H17N3O2/c1-3-26-20(25)21(2,13-23)11-19-16-9-8-14(12-22)10-17(16)15-6-4-5-7-18(15)24-19/h4-10H,3,11H2,1-2H3. The quantitative estimate of drug-likeness (QED) is 0.530. The molecule has 128 valence electrons. The average molecular weight is 343 g/mol. The van der Waals surface area contributed by atoms with E-state index in [9.17, 15) is 15.3 Å². The summed E-state index contributed by atoms with van der Waals surface area (Å²) < 4.78 is 5.07. The van der Waals surface area contributed by atoms with Crippen LogP contribution in [0.3, 0.4) is 0 Å². The Morgan fingerprint density at radius 1 is 1.15 bits per heavy atom. The number of ether oxygens (including phenoxy) is 1. The van der Waals surface area contributed by atoms with E-state index < -0.39 is 11.4 Å². The van der Waals surface area contributed by atoms with Crippen molar-refractivity contribution < 1.29 is 9.53 Å². The van der Waals surface area contributed by atoms with Crippen LogP contribution >= 0.6 is 0 Å². The molecule has 0 fully saturated rings. The van der Waals surface area contributed by atoms with Gasteiger partial charge in [-0.05, 0) is 37.4 Å². The van der Waals surface area contributed by atoms with E-state index in [2.05, 4.69) is 12.1 Å². The van der Waals surface area contributed by atoms with Crippen molar-refractivity contribution >= 4 is 27.6 Å². The molecule has 1 aromatic heterocycles. The smallest absolute Gasteiger partial charge is 0.326 e. The van der Waals surface area contributed by atoms with E-state index in [0.29, 0.717) is 11.3 Å². The lowest BCUT2D eigenvalue weighted by atomic mass is 9.85. The van der Waals surface area contributed by atoms with Crippen LogP contribution in [-0.2, 0) is 16.0 Å². The van der Waals surface area contributed by atoms with Gasteiger partial charge in [-0.25, -0.2) is 0 Å². The first-order valence-corrected chi connectivity index (χ1v) is 8.32. The monoisotopic (exact) mass is 343 g/mol. The molecule has 3 rings (SSSR count). The molecule has 5 heteroatoms. The summed E-state index contributed by atoms with van der Waals surface area (Å²) in [6, 6.07) is 17.2. The van der Waals surface area contributed by atoms with Crippen LogP contribution in [0.5, 0.6) is 0 Å². The molecule has 26 heavy (non-hydrogen) atoms. The second-order valence-corrected chi connectivity index (χ2v) is 6.29. The van der Waals surface area contributed by atoms with Crippen molar-refractivity contribution in [1.29, 1.82) is 10.5 Å². The molecule has 3 aromatic rings. The fourth-order valence-corrected chi connectivity index (χ4v) is 3.01. The Bertz CT molecular complexity index is 1090. The van der Waals surface area contributed by atoms with E-state index in [1.165, 1.54) is 0 Å². The zero-order chi connectivity index (χ0) is 18.7. The Hall–Kier alpha value is -3.44. The third-order valence-corrected chi connectivity index (χ3v) is 4.40. The molecule has 0 N–H and O–H groups in total. The van der Waals surface area contributed by atoms with E-state index >= 15 is 0 Å². The van der Waals surface area contributed by atoms with Gasteiger partial charge in [-0.2, -0.15) is 10.5 Å². The van der Waals surface area contributed by atoms with Gasteiger partial charge < -0.3 is 4.74 Å². The highest BCUT2D eigenvalue weighted by atomic mass is 16.5. The number of nitrogens with zero attached hydrogens (tertiary/aromatic N) is 3. The highest BCUT2D eigenvalue weighted by Crippen LogP contribution is 2.32. The van der Waals surface area contributed by atoms with Crippen LogP contribution in [-0.4, -0.2) is 17.6 Å². The van der Waals surface area contributed by atoms with Crippen LogP contribution in [0.25, 0.3) is 21.7 Å². The first-order chi connectivity index (χ1) is 12.5. The number of carbonyl (C=O) groups is 1. The first kappa shape index (κ1) is 17.4. The maximum Gasteiger partial charge on any atom is 0.326 e. The van der Waals surface area contributed by atoms with Crippen LogP contribution in [0.15, 0.2) is 42.5 Å². The number of fused-ring (bicyclic) bond motifs is 3. The minimum Gasteiger partial charge on any atom is -0.465 e. The molecule has 1 atom stereocenters. The molecule has 5 nitrogen and oxygen atoms in total. The van der Waals surface area contributed by atoms with E-state index in [1.54, 1.807) is 19.9 Å². The minimum absolute atomic E-state index is 0.134. The summed E-state index contributed by atoms with van der Waals surface area (Å²) in [5, 5.41) is 21.5. The molecule has 1 heterocycles. The number of nitriles is 2. The third-order valence-electron chi connectivity index (χ3n) is 4.40. The molecule has 1 unspecified atom stereocenters. The van der Waals surface area contributed by atoms with Crippen LogP contribution in [0, 0.1) is 28.1 Å². The summed E-state index contributed by atoms with van der Waals surface area (Å²) in [6.07, 6.45) is 0.134. The lowest BCUT2D eigenvalue weighted by molar-refractivity contribution is -0.151. The molecule has 0 aliphatic carbocycles. The maximum atomic E-state index is 12.3. The summed E-state index contributed by atoms with van der Waals surface area (Å²) in [7, 11) is 0. The first-order valence-electron chi connectivity index (χ1n) is 8.32. The van der Waals surface area contributed by atoms with Gasteiger partial charge in [0.1, 0.15) is 0 Å². The molecule has 0 spiro atoms. The summed E-state index contributed by atoms with van der Waals surface area (Å²) in [6.45, 7) is 3.49. The minimum atomic E-state index is -1.33. The molecular weight excluding hydrogens is 326 g/mol. The number of aromatic nitrogens is 1. The maximum absolute atomic E-state index is 12.3. The van der Waals surface area contributed by atoms with Gasteiger partial charge in [-0.3, -0.25) is 9.78 Å². The van der Waals surface area contributed by atoms with Crippen LogP contribution < -0.4 is 0 Å². The normalized spacial score (nSPS) is 12.9. The number of rotatable bonds is 4. The predicted molar refractivity (Wildman–Crippen MR) is 98.0 cm³/mol. The lowest BCUT2D eigenvalue weighted by Crippen LogP contribution is -2.31. The molecule has 0 amide bonds. The lowest BCUT2D eigenvalue weighted by Gasteiger charge is -2.20. The second kappa shape index (κ2) is 6.82. The second-order valence-electron chi connectivity index (χ2n) is 6.29. The zero-order valence-corrected chi connectivity index (χ0v) is 14.6. The van der Waals surface area contributed by atoms with E-state index in [-0.39, 0.29) is 13.0 Å². The summed E-state index contributed by atoms with van der Waals surface area (Å²) >= 11 is 0. The van der Waals surface area contributed by atoms with E-state index in [4.69, 9.17) is 9.72 Å². The summed E-state index contributed by atoms with van der Waals surface area (Å²) in [5.41, 5.74) is 0.620. The summed E-state index contributed by atoms with van der Waals surface area (Å²) in [5.74, 6) is -0.556. The van der Waals surface area contributed by atoms with Crippen molar-refractivity contribution in [1.82, 2.24) is 4.98 Å². The largest absolute Gasteiger partial charge is 0.465 e. The highest BCUT2D eigenvalue weighted by Gasteiger charge is 2.36. The van der Waals surface area contributed by atoms with Crippen LogP contribution in [0.1, 0.15) is 25.1 Å². The van der Waals surface area contributed by atoms with Gasteiger partial charge in [0.2, 0.25) is 0 Å². The van der Waals surface area contributed by atoms with Gasteiger partial charge in [-0.1, -0.05) is 24.3 Å². The molecule has 0 saturated carbocycles. The van der Waals surface area contributed by atoms with Crippen molar-refractivity contribution in [3.8, 4) is 12.1 Å². The number of para-hydroxylation sites is 1. The third kappa shape index (κ3) is 2.96. The van der Waals surface area contributed by atoms with Crippen LogP contribution in [0.4, 0.5) is 0 Å². The molecule has 0 aliphatic rings. The zero-order valence-electron chi connectivity index (χ0n) is 14.6. The number of benzene rings is 2. The Balaban J connectivity index is 2.24. The van der Waals surface area contributed by atoms with Crippen molar-refractivity contribution in [3.63, 3.8) is 0 Å². The Kier molecular flexibility index (Phi) is 4.56. The highest BCUT2D eigenvalue weighted by molar-refractivity contribution is 6.07. The van der Waals surface area contributed by atoms with Crippen molar-refractivity contribution in [2.24, 2.45) is 5.41 Å². The number of pyridine rings is 1. The molecule has 0 saturated heterocycles. The van der Waals surface area contributed by atoms with Gasteiger partial charge in [0, 0.05) is 17.2 Å². The fraction of sp³-hybridized carbons (Fsp3) is 0.238. The van der Waals surface area contributed by atoms with Gasteiger partial charge in [-0.15, -0.1) is 0 Å². The van der Waals surface area contributed by atoms with E-state index in [1.807, 2.05) is 36.4 Å². The summed E-state index contributed by atoms with van der Waals surface area (Å²) in [4.78, 5) is 17.0. The molecule has 0 bridgehead atoms. The Morgan fingerprint density at radius 3 is 2.62 bits per heavy atom. The van der Waals surface area contributed by atoms with E-state index in [0.717, 1.165) is 21.7 Å². The predicted octanol–water partition coefficient (Wildman–Crippen LogP) is 3.90. The number of hydrogen-bond donors (Lipinski definition) is 0. The number of carbonyl (C=O) groups excluding carboxylic acids is 1. The van der Waals surface area contributed by atoms with Crippen LogP contribution in [0.2, 0.25) is 0 Å². The van der Waals surface area contributed by atoms with Crippen molar-refractivity contribution in [2.45, 2.75) is 20.3 Å². The molecule has 0 aliphatic heterocycles. The van der Waals surface area contributed by atoms with Gasteiger partial charge in [0.15, 0.2) is 5.41 Å². The van der Waals surface area contributed by atoms with Crippen molar-refractivity contribution in [3.05, 3.63) is 53.7 Å². The average Bonchev–Trinajstić information content (AvgIpc) is 2.67. The molecule has 0 radical (unpaired) electrons. The molecule has 2 aromatic carbocycles. The van der Waals surface area contributed by atoms with Gasteiger partial charge >= 0.3 is 5.97 Å². The number of esters is 1.